The summed E-state index contributed by atoms with van der Waals surface area (Å²) in [4.78, 5) is 4.39. The fourth-order valence-electron chi connectivity index (χ4n) is 2.47. The summed E-state index contributed by atoms with van der Waals surface area (Å²) in [5.74, 6) is 0.919. The van der Waals surface area contributed by atoms with Crippen LogP contribution >= 0.6 is 0 Å². The number of nitrogens with two attached hydrogens (primary N) is 1. The lowest BCUT2D eigenvalue weighted by Gasteiger charge is -2.16. The molecule has 0 unspecified atom stereocenters. The molecule has 0 saturated carbocycles. The molecule has 2 N–H and O–H groups in total. The van der Waals surface area contributed by atoms with Crippen molar-refractivity contribution in [3.63, 3.8) is 0 Å². The second-order valence-electron chi connectivity index (χ2n) is 4.96. The second-order valence-corrected chi connectivity index (χ2v) is 4.96. The molecular formula is C15H21N3. The molecule has 2 aromatic rings. The molecule has 3 nitrogen and oxygen atoms in total. The number of hydrogen-bond acceptors (Lipinski definition) is 2. The first-order valence-corrected chi connectivity index (χ1v) is 6.25. The summed E-state index contributed by atoms with van der Waals surface area (Å²) in [6.45, 7) is 9.13. The van der Waals surface area contributed by atoms with Crippen LogP contribution in [0.4, 0.5) is 0 Å². The van der Waals surface area contributed by atoms with Gasteiger partial charge in [0, 0.05) is 12.6 Å². The number of aryl methyl sites for hydroxylation is 2. The van der Waals surface area contributed by atoms with Crippen molar-refractivity contribution >= 4 is 0 Å². The third kappa shape index (κ3) is 1.85. The van der Waals surface area contributed by atoms with E-state index >= 15 is 0 Å². The summed E-state index contributed by atoms with van der Waals surface area (Å²) in [5, 5.41) is 0. The number of rotatable bonds is 2. The molecule has 18 heavy (non-hydrogen) atoms. The van der Waals surface area contributed by atoms with Gasteiger partial charge >= 0.3 is 0 Å². The van der Waals surface area contributed by atoms with Gasteiger partial charge in [0.1, 0.15) is 5.82 Å². The summed E-state index contributed by atoms with van der Waals surface area (Å²) in [6.07, 6.45) is 1.93. The first-order valence-electron chi connectivity index (χ1n) is 6.25. The second kappa shape index (κ2) is 4.58. The largest absolute Gasteiger partial charge is 0.330 e. The van der Waals surface area contributed by atoms with Crippen LogP contribution in [0.2, 0.25) is 0 Å². The maximum Gasteiger partial charge on any atom is 0.122 e. The standard InChI is InChI=1S/C15H21N3/c1-9-6-10(2)12(4)15(11(9)3)13-8-17-14(7-16)18(13)5/h6,8H,7,16H2,1-5H3. The number of hydrogen-bond donors (Lipinski definition) is 1. The molecule has 0 radical (unpaired) electrons. The van der Waals surface area contributed by atoms with Crippen molar-refractivity contribution in [2.24, 2.45) is 12.8 Å². The summed E-state index contributed by atoms with van der Waals surface area (Å²) >= 11 is 0. The number of aromatic nitrogens is 2. The molecule has 1 aromatic heterocycles. The molecule has 96 valence electrons. The van der Waals surface area contributed by atoms with Gasteiger partial charge < -0.3 is 10.3 Å². The van der Waals surface area contributed by atoms with Gasteiger partial charge in [0.15, 0.2) is 0 Å². The summed E-state index contributed by atoms with van der Waals surface area (Å²) in [6, 6.07) is 2.24. The topological polar surface area (TPSA) is 43.8 Å². The highest BCUT2D eigenvalue weighted by molar-refractivity contribution is 5.70. The van der Waals surface area contributed by atoms with Crippen molar-refractivity contribution in [3.8, 4) is 11.3 Å². The van der Waals surface area contributed by atoms with Crippen LogP contribution in [-0.4, -0.2) is 9.55 Å². The third-order valence-corrected chi connectivity index (χ3v) is 3.89. The SMILES string of the molecule is Cc1cc(C)c(C)c(-c2cnc(CN)n2C)c1C. The van der Waals surface area contributed by atoms with Crippen LogP contribution in [-0.2, 0) is 13.6 Å². The number of imidazole rings is 1. The van der Waals surface area contributed by atoms with Crippen LogP contribution in [0.25, 0.3) is 11.3 Å². The Bertz CT molecular complexity index is 568. The smallest absolute Gasteiger partial charge is 0.122 e. The average Bonchev–Trinajstić information content (AvgIpc) is 2.69. The van der Waals surface area contributed by atoms with E-state index in [0.29, 0.717) is 6.54 Å². The molecule has 0 aliphatic rings. The maximum atomic E-state index is 5.69. The molecule has 0 bridgehead atoms. The summed E-state index contributed by atoms with van der Waals surface area (Å²) < 4.78 is 2.09. The van der Waals surface area contributed by atoms with Crippen molar-refractivity contribution in [1.82, 2.24) is 9.55 Å². The predicted octanol–water partition coefficient (Wildman–Crippen LogP) is 2.78. The molecule has 0 aliphatic heterocycles. The van der Waals surface area contributed by atoms with Gasteiger partial charge in [-0.2, -0.15) is 0 Å². The molecule has 0 atom stereocenters. The maximum absolute atomic E-state index is 5.69. The van der Waals surface area contributed by atoms with Gasteiger partial charge in [-0.25, -0.2) is 4.98 Å². The van der Waals surface area contributed by atoms with Crippen LogP contribution in [0, 0.1) is 27.7 Å². The molecular weight excluding hydrogens is 222 g/mol. The van der Waals surface area contributed by atoms with Gasteiger partial charge in [-0.3, -0.25) is 0 Å². The number of benzene rings is 1. The van der Waals surface area contributed by atoms with E-state index in [1.54, 1.807) is 0 Å². The van der Waals surface area contributed by atoms with Gasteiger partial charge in [0.25, 0.3) is 0 Å². The average molecular weight is 243 g/mol. The fourth-order valence-corrected chi connectivity index (χ4v) is 2.47. The normalized spacial score (nSPS) is 11.0. The molecule has 3 heteroatoms. The van der Waals surface area contributed by atoms with E-state index in [0.717, 1.165) is 11.5 Å². The minimum absolute atomic E-state index is 0.472. The molecule has 0 fully saturated rings. The van der Waals surface area contributed by atoms with Crippen LogP contribution < -0.4 is 5.73 Å². The highest BCUT2D eigenvalue weighted by atomic mass is 15.1. The summed E-state index contributed by atoms with van der Waals surface area (Å²) in [7, 11) is 2.03. The van der Waals surface area contributed by atoms with Crippen molar-refractivity contribution in [2.45, 2.75) is 34.2 Å². The highest BCUT2D eigenvalue weighted by Crippen LogP contribution is 2.31. The molecule has 1 heterocycles. The molecule has 1 aromatic carbocycles. The van der Waals surface area contributed by atoms with E-state index < -0.39 is 0 Å². The highest BCUT2D eigenvalue weighted by Gasteiger charge is 2.14. The third-order valence-electron chi connectivity index (χ3n) is 3.89. The van der Waals surface area contributed by atoms with Crippen molar-refractivity contribution in [1.29, 1.82) is 0 Å². The first kappa shape index (κ1) is 12.8. The molecule has 0 aliphatic carbocycles. The van der Waals surface area contributed by atoms with E-state index in [2.05, 4.69) is 43.3 Å². The lowest BCUT2D eigenvalue weighted by atomic mass is 9.92. The van der Waals surface area contributed by atoms with Crippen LogP contribution in [0.1, 0.15) is 28.1 Å². The van der Waals surface area contributed by atoms with Crippen LogP contribution in [0.5, 0.6) is 0 Å². The van der Waals surface area contributed by atoms with Crippen molar-refractivity contribution in [2.75, 3.05) is 0 Å². The van der Waals surface area contributed by atoms with Crippen LogP contribution in [0.15, 0.2) is 12.3 Å². The van der Waals surface area contributed by atoms with Gasteiger partial charge in [-0.1, -0.05) is 6.07 Å². The molecule has 2 rings (SSSR count). The number of nitrogens with zero attached hydrogens (tertiary/aromatic N) is 2. The Kier molecular flexibility index (Phi) is 3.26. The lowest BCUT2D eigenvalue weighted by Crippen LogP contribution is -2.06. The Hall–Kier alpha value is -1.61. The van der Waals surface area contributed by atoms with E-state index in [9.17, 15) is 0 Å². The molecule has 0 amide bonds. The zero-order chi connectivity index (χ0) is 13.4. The minimum atomic E-state index is 0.472. The predicted molar refractivity (Wildman–Crippen MR) is 75.5 cm³/mol. The van der Waals surface area contributed by atoms with E-state index in [-0.39, 0.29) is 0 Å². The van der Waals surface area contributed by atoms with Gasteiger partial charge in [0.05, 0.1) is 18.4 Å². The van der Waals surface area contributed by atoms with Gasteiger partial charge in [0.2, 0.25) is 0 Å². The Labute approximate surface area is 109 Å². The Balaban J connectivity index is 2.74. The van der Waals surface area contributed by atoms with Gasteiger partial charge in [-0.15, -0.1) is 0 Å². The van der Waals surface area contributed by atoms with Crippen molar-refractivity contribution in [3.05, 3.63) is 40.3 Å². The van der Waals surface area contributed by atoms with Gasteiger partial charge in [-0.05, 0) is 49.9 Å². The Morgan fingerprint density at radius 2 is 1.67 bits per heavy atom. The minimum Gasteiger partial charge on any atom is -0.330 e. The van der Waals surface area contributed by atoms with Crippen molar-refractivity contribution < 1.29 is 0 Å². The first-order chi connectivity index (χ1) is 8.47. The monoisotopic (exact) mass is 243 g/mol. The zero-order valence-electron chi connectivity index (χ0n) is 11.8. The van der Waals surface area contributed by atoms with E-state index in [4.69, 9.17) is 5.73 Å². The van der Waals surface area contributed by atoms with E-state index in [1.807, 2.05) is 13.2 Å². The molecule has 0 spiro atoms. The summed E-state index contributed by atoms with van der Waals surface area (Å²) in [5.41, 5.74) is 13.4. The Morgan fingerprint density at radius 3 is 2.11 bits per heavy atom. The molecule has 0 saturated heterocycles. The zero-order valence-corrected chi connectivity index (χ0v) is 11.8. The fraction of sp³-hybridized carbons (Fsp3) is 0.400. The van der Waals surface area contributed by atoms with Crippen LogP contribution in [0.3, 0.4) is 0 Å². The quantitative estimate of drug-likeness (QED) is 0.881. The lowest BCUT2D eigenvalue weighted by molar-refractivity contribution is 0.798. The Morgan fingerprint density at radius 1 is 1.11 bits per heavy atom. The van der Waals surface area contributed by atoms with E-state index in [1.165, 1.54) is 27.8 Å².